The Morgan fingerprint density at radius 2 is 0.989 bits per heavy atom. The minimum Gasteiger partial charge on any atom is -0.480 e. The molecule has 0 aromatic rings. The Kier molecular flexibility index (Phi) is 31.4. The molecule has 2 aliphatic heterocycles. The van der Waals surface area contributed by atoms with Gasteiger partial charge >= 0.3 is 5.97 Å². The highest BCUT2D eigenvalue weighted by Gasteiger charge is 2.46. The number of ether oxygens (including phenoxy) is 1. The zero-order chi connectivity index (χ0) is 69.4. The van der Waals surface area contributed by atoms with Crippen LogP contribution in [-0.4, -0.2) is 238 Å². The largest absolute Gasteiger partial charge is 0.480 e. The van der Waals surface area contributed by atoms with Gasteiger partial charge in [0.15, 0.2) is 29.3 Å². The van der Waals surface area contributed by atoms with E-state index in [2.05, 4.69) is 10.3 Å². The summed E-state index contributed by atoms with van der Waals surface area (Å²) in [5.41, 5.74) is 0. The van der Waals surface area contributed by atoms with Crippen LogP contribution in [0.1, 0.15) is 169 Å². The topological polar surface area (TPSA) is 302 Å². The molecule has 24 heteroatoms. The molecular formula is C66H113N9O15. The van der Waals surface area contributed by atoms with Gasteiger partial charge in [-0.25, -0.2) is 9.79 Å². The first-order valence-corrected chi connectivity index (χ1v) is 32.4. The van der Waals surface area contributed by atoms with Crippen molar-refractivity contribution in [2.24, 2.45) is 64.2 Å². The number of aliphatic imine (C=N–C) groups is 1. The number of carbonyl (C=O) groups excluding carboxylic acids is 11. The molecule has 0 saturated carbocycles. The summed E-state index contributed by atoms with van der Waals surface area (Å²) in [6.45, 7) is 27.4. The number of aliphatic hydroxyl groups is 1. The van der Waals surface area contributed by atoms with E-state index >= 15 is 19.2 Å². The Balaban J connectivity index is 3.00. The van der Waals surface area contributed by atoms with Crippen molar-refractivity contribution in [3.63, 3.8) is 0 Å². The van der Waals surface area contributed by atoms with Crippen LogP contribution in [0, 0.1) is 59.2 Å². The molecule has 3 N–H and O–H groups in total. The molecule has 24 nitrogen and oxygen atoms in total. The predicted octanol–water partition coefficient (Wildman–Crippen LogP) is 4.85. The number of amides is 8. The summed E-state index contributed by atoms with van der Waals surface area (Å²) in [6, 6.07) is -9.79. The molecule has 90 heavy (non-hydrogen) atoms. The molecule has 8 amide bonds. The van der Waals surface area contributed by atoms with Crippen LogP contribution in [-0.2, 0) is 62.3 Å². The van der Waals surface area contributed by atoms with E-state index in [9.17, 15) is 48.6 Å². The maximum Gasteiger partial charge on any atom is 0.332 e. The van der Waals surface area contributed by atoms with Crippen LogP contribution in [0.25, 0.3) is 0 Å². The zero-order valence-electron chi connectivity index (χ0n) is 58.5. The van der Waals surface area contributed by atoms with Crippen LogP contribution < -0.4 is 5.32 Å². The first-order valence-electron chi connectivity index (χ1n) is 32.4. The predicted molar refractivity (Wildman–Crippen MR) is 342 cm³/mol. The Labute approximate surface area is 536 Å². The molecule has 0 aliphatic carbocycles. The fraction of sp³-hybridized carbons (Fsp3) is 0.803. The molecule has 0 aromatic carbocycles. The second-order valence-electron chi connectivity index (χ2n) is 28.1. The number of nitrogens with one attached hydrogen (secondary N) is 1. The van der Waals surface area contributed by atoms with Crippen molar-refractivity contribution in [3.8, 4) is 0 Å². The number of hydrogen-bond donors (Lipinski definition) is 3. The number of nitrogens with zero attached hydrogens (tertiary/aromatic N) is 8. The van der Waals surface area contributed by atoms with E-state index in [1.807, 2.05) is 55.4 Å². The summed E-state index contributed by atoms with van der Waals surface area (Å²) < 4.78 is 5.56. The molecule has 0 spiro atoms. The monoisotopic (exact) mass is 1270 g/mol. The Morgan fingerprint density at radius 1 is 0.544 bits per heavy atom. The van der Waals surface area contributed by atoms with Crippen molar-refractivity contribution >= 4 is 76.5 Å². The molecule has 512 valence electrons. The number of aliphatic carboxylic acids is 1. The van der Waals surface area contributed by atoms with Crippen molar-refractivity contribution in [3.05, 3.63) is 0 Å². The van der Waals surface area contributed by atoms with Crippen LogP contribution in [0.4, 0.5) is 0 Å². The Bertz CT molecular complexity index is 2570. The van der Waals surface area contributed by atoms with Crippen molar-refractivity contribution in [2.75, 3.05) is 62.5 Å². The highest BCUT2D eigenvalue weighted by molar-refractivity contribution is 6.00. The van der Waals surface area contributed by atoms with E-state index in [4.69, 9.17) is 4.74 Å². The number of aliphatic hydroxyl groups excluding tert-OH is 1. The molecule has 13 atom stereocenters. The highest BCUT2D eigenvalue weighted by atomic mass is 16.5. The molecular weight excluding hydrogens is 1160 g/mol. The van der Waals surface area contributed by atoms with E-state index in [0.29, 0.717) is 0 Å². The number of carbonyl (C=O) groups is 12. The van der Waals surface area contributed by atoms with Crippen molar-refractivity contribution in [1.29, 1.82) is 0 Å². The van der Waals surface area contributed by atoms with E-state index in [-0.39, 0.29) is 87.5 Å². The van der Waals surface area contributed by atoms with Crippen molar-refractivity contribution < 1.29 is 72.5 Å². The van der Waals surface area contributed by atoms with Gasteiger partial charge in [-0.1, -0.05) is 104 Å². The zero-order valence-corrected chi connectivity index (χ0v) is 58.5. The summed E-state index contributed by atoms with van der Waals surface area (Å²) in [5.74, 6) is -13.3. The van der Waals surface area contributed by atoms with Gasteiger partial charge < -0.3 is 54.6 Å². The SMILES string of the molecule is CC[C@@H]1CC(=O)[C@H]([C@H](O)[C@H](C)CC2=N[C@H](C(=O)O)CO2)N(C)C(=O)[C@H](C(C)C)N(C)C(=O)[C@H](CC(C)C)N(C)C(=O)[C@H](CC(C)C)N(C)C(=O)[C@@H](C)NC(=O)[C@H](C)CC(=O)[C@H](CC(C)C)N(C)C(=O)[C@H](C(C)C)CC(=O)[C@H](CC(C)C)N(C)C(=O)CN(C)C1=O. The molecule has 2 heterocycles. The van der Waals surface area contributed by atoms with Gasteiger partial charge in [0.05, 0.1) is 24.7 Å². The fourth-order valence-electron chi connectivity index (χ4n) is 12.1. The van der Waals surface area contributed by atoms with E-state index in [1.54, 1.807) is 48.5 Å². The standard InChI is InChI=1S/C66H113N9O15/c1-24-44-31-53(78)57(58(80)41(14)30-54-68-46(34-90-54)66(88)89)75(23)65(87)56(40(12)13)74(22)64(86)50(28-38(8)9)73(21)63(85)49(27-37(6)7)72(20)60(82)43(16)67-59(81)42(15)29-51(76)48(26-36(4)5)71(19)62(84)45(39(10)11)32-52(77)47(25-35(2)3)70(18)55(79)33-69(17)61(44)83/h35-50,56-58,80H,24-34H2,1-23H3,(H,67,81)(H,88,89)/t41-,42-,43-,44-,45+,46+,47+,48+,49+,50+,56+,57-,58-/m1/s1. The second kappa shape index (κ2) is 35.5. The van der Waals surface area contributed by atoms with Gasteiger partial charge in [0.2, 0.25) is 47.3 Å². The lowest BCUT2D eigenvalue weighted by molar-refractivity contribution is -0.157. The van der Waals surface area contributed by atoms with E-state index in [1.165, 1.54) is 80.8 Å². The van der Waals surface area contributed by atoms with Gasteiger partial charge in [-0.2, -0.15) is 0 Å². The van der Waals surface area contributed by atoms with Crippen LogP contribution in [0.15, 0.2) is 4.99 Å². The van der Waals surface area contributed by atoms with Gasteiger partial charge in [-0.3, -0.25) is 52.7 Å². The van der Waals surface area contributed by atoms with Gasteiger partial charge in [-0.15, -0.1) is 0 Å². The summed E-state index contributed by atoms with van der Waals surface area (Å²) in [7, 11) is 9.95. The number of carboxylic acids is 1. The van der Waals surface area contributed by atoms with Gasteiger partial charge in [0.25, 0.3) is 0 Å². The minimum atomic E-state index is -1.69. The molecule has 2 aliphatic rings. The number of likely N-dealkylation sites (N-methyl/N-ethyl adjacent to an activating group) is 7. The maximum atomic E-state index is 15.3. The number of hydrogen-bond acceptors (Lipinski definition) is 15. The smallest absolute Gasteiger partial charge is 0.332 e. The van der Waals surface area contributed by atoms with Crippen LogP contribution in [0.3, 0.4) is 0 Å². The third-order valence-corrected chi connectivity index (χ3v) is 17.8. The lowest BCUT2D eigenvalue weighted by atomic mass is 9.84. The number of rotatable bonds is 16. The second-order valence-corrected chi connectivity index (χ2v) is 28.1. The quantitative estimate of drug-likeness (QED) is 0.186. The molecule has 0 aromatic heterocycles. The summed E-state index contributed by atoms with van der Waals surface area (Å²) in [6.07, 6.45) is -2.20. The minimum absolute atomic E-state index is 0.0101. The Morgan fingerprint density at radius 3 is 1.44 bits per heavy atom. The fourth-order valence-corrected chi connectivity index (χ4v) is 12.1. The third-order valence-electron chi connectivity index (χ3n) is 17.8. The van der Waals surface area contributed by atoms with Gasteiger partial charge in [0.1, 0.15) is 36.8 Å². The van der Waals surface area contributed by atoms with Gasteiger partial charge in [0, 0.05) is 92.8 Å². The Hall–Kier alpha value is -6.33. The number of ketones is 3. The summed E-state index contributed by atoms with van der Waals surface area (Å²) in [4.78, 5) is 186. The molecule has 0 bridgehead atoms. The maximum absolute atomic E-state index is 15.3. The average molecular weight is 1270 g/mol. The summed E-state index contributed by atoms with van der Waals surface area (Å²) in [5, 5.41) is 24.7. The first kappa shape index (κ1) is 79.8. The highest BCUT2D eigenvalue weighted by Crippen LogP contribution is 2.30. The van der Waals surface area contributed by atoms with Gasteiger partial charge in [-0.05, 0) is 80.5 Å². The molecule has 2 rings (SSSR count). The van der Waals surface area contributed by atoms with Crippen molar-refractivity contribution in [2.45, 2.75) is 223 Å². The third kappa shape index (κ3) is 21.7. The van der Waals surface area contributed by atoms with Crippen LogP contribution >= 0.6 is 0 Å². The number of Topliss-reactive ketones (excluding diaryl/α,β-unsaturated/α-hetero) is 3. The lowest BCUT2D eigenvalue weighted by Gasteiger charge is -2.41. The summed E-state index contributed by atoms with van der Waals surface area (Å²) >= 11 is 0. The van der Waals surface area contributed by atoms with Crippen LogP contribution in [0.2, 0.25) is 0 Å². The molecule has 1 fully saturated rings. The molecule has 0 radical (unpaired) electrons. The normalized spacial score (nSPS) is 27.8. The average Bonchev–Trinajstić information content (AvgIpc) is 0.972. The lowest BCUT2D eigenvalue weighted by Crippen LogP contribution is -2.61. The van der Waals surface area contributed by atoms with E-state index < -0.39 is 173 Å². The molecule has 1 saturated heterocycles. The van der Waals surface area contributed by atoms with Crippen molar-refractivity contribution in [1.82, 2.24) is 39.6 Å². The number of carboxylic acid groups (broad SMARTS) is 1. The van der Waals surface area contributed by atoms with E-state index in [0.717, 1.165) is 9.80 Å². The molecule has 0 unspecified atom stereocenters. The van der Waals surface area contributed by atoms with Crippen LogP contribution in [0.5, 0.6) is 0 Å². The first-order chi connectivity index (χ1) is 41.5.